The van der Waals surface area contributed by atoms with E-state index in [4.69, 9.17) is 0 Å². The van der Waals surface area contributed by atoms with Crippen molar-refractivity contribution < 1.29 is 0 Å². The summed E-state index contributed by atoms with van der Waals surface area (Å²) >= 11 is 1.64. The lowest BCUT2D eigenvalue weighted by Crippen LogP contribution is -1.92. The minimum Gasteiger partial charge on any atom is -0.237 e. The van der Waals surface area contributed by atoms with Crippen LogP contribution in [0, 0.1) is 6.92 Å². The van der Waals surface area contributed by atoms with Crippen molar-refractivity contribution in [2.45, 2.75) is 6.92 Å². The first-order chi connectivity index (χ1) is 5.86. The van der Waals surface area contributed by atoms with Gasteiger partial charge < -0.3 is 0 Å². The summed E-state index contributed by atoms with van der Waals surface area (Å²) in [6.45, 7) is 1.82. The van der Waals surface area contributed by atoms with Crippen LogP contribution in [0.2, 0.25) is 0 Å². The lowest BCUT2D eigenvalue weighted by Gasteiger charge is -1.93. The number of hydrogen-bond acceptors (Lipinski definition) is 4. The van der Waals surface area contributed by atoms with Crippen molar-refractivity contribution in [1.29, 1.82) is 0 Å². The van der Waals surface area contributed by atoms with Gasteiger partial charge in [-0.25, -0.2) is 4.98 Å². The second-order valence-electron chi connectivity index (χ2n) is 2.40. The van der Waals surface area contributed by atoms with E-state index in [1.54, 1.807) is 17.5 Å². The third kappa shape index (κ3) is 1.33. The molecule has 0 aromatic carbocycles. The van der Waals surface area contributed by atoms with Crippen LogP contribution in [0.15, 0.2) is 23.0 Å². The molecular formula is C8H7N3S. The Morgan fingerprint density at radius 1 is 1.33 bits per heavy atom. The molecule has 0 aliphatic carbocycles. The third-order valence-corrected chi connectivity index (χ3v) is 2.18. The predicted octanol–water partition coefficient (Wildman–Crippen LogP) is 1.91. The molecule has 0 amide bonds. The van der Waals surface area contributed by atoms with E-state index in [9.17, 15) is 0 Å². The van der Waals surface area contributed by atoms with E-state index < -0.39 is 0 Å². The van der Waals surface area contributed by atoms with E-state index in [1.807, 2.05) is 23.8 Å². The fourth-order valence-electron chi connectivity index (χ4n) is 0.875. The van der Waals surface area contributed by atoms with Crippen LogP contribution in [0.1, 0.15) is 5.82 Å². The van der Waals surface area contributed by atoms with E-state index in [0.717, 1.165) is 11.3 Å². The van der Waals surface area contributed by atoms with Crippen LogP contribution in [0.25, 0.3) is 11.3 Å². The smallest absolute Gasteiger partial charge is 0.147 e. The Bertz CT molecular complexity index is 352. The highest BCUT2D eigenvalue weighted by Crippen LogP contribution is 2.17. The quantitative estimate of drug-likeness (QED) is 0.667. The SMILES string of the molecule is Cc1ncc(-c2ccsc2)nn1. The second kappa shape index (κ2) is 2.98. The van der Waals surface area contributed by atoms with E-state index >= 15 is 0 Å². The maximum absolute atomic E-state index is 4.07. The first-order valence-electron chi connectivity index (χ1n) is 3.55. The van der Waals surface area contributed by atoms with Crippen molar-refractivity contribution in [1.82, 2.24) is 15.2 Å². The summed E-state index contributed by atoms with van der Waals surface area (Å²) in [7, 11) is 0. The maximum Gasteiger partial charge on any atom is 0.147 e. The normalized spacial score (nSPS) is 10.1. The molecule has 0 fully saturated rings. The molecule has 0 radical (unpaired) electrons. The van der Waals surface area contributed by atoms with Gasteiger partial charge in [-0.1, -0.05) is 0 Å². The molecule has 0 atom stereocenters. The van der Waals surface area contributed by atoms with E-state index in [-0.39, 0.29) is 0 Å². The van der Waals surface area contributed by atoms with Crippen LogP contribution in [0.4, 0.5) is 0 Å². The Hall–Kier alpha value is -1.29. The Kier molecular flexibility index (Phi) is 1.83. The number of thiophene rings is 1. The molecule has 60 valence electrons. The van der Waals surface area contributed by atoms with Crippen LogP contribution in [-0.2, 0) is 0 Å². The Labute approximate surface area is 74.1 Å². The zero-order valence-corrected chi connectivity index (χ0v) is 7.38. The molecule has 0 bridgehead atoms. The van der Waals surface area contributed by atoms with Crippen LogP contribution in [-0.4, -0.2) is 15.2 Å². The van der Waals surface area contributed by atoms with Gasteiger partial charge >= 0.3 is 0 Å². The Balaban J connectivity index is 2.43. The molecule has 2 rings (SSSR count). The molecule has 0 spiro atoms. The van der Waals surface area contributed by atoms with Gasteiger partial charge in [-0.05, 0) is 18.4 Å². The molecule has 12 heavy (non-hydrogen) atoms. The number of aromatic nitrogens is 3. The van der Waals surface area contributed by atoms with Crippen molar-refractivity contribution >= 4 is 11.3 Å². The highest BCUT2D eigenvalue weighted by molar-refractivity contribution is 7.08. The first kappa shape index (κ1) is 7.36. The molecule has 2 aromatic rings. The van der Waals surface area contributed by atoms with Crippen molar-refractivity contribution in [2.75, 3.05) is 0 Å². The van der Waals surface area contributed by atoms with E-state index in [0.29, 0.717) is 5.82 Å². The van der Waals surface area contributed by atoms with Crippen molar-refractivity contribution in [2.24, 2.45) is 0 Å². The fraction of sp³-hybridized carbons (Fsp3) is 0.125. The van der Waals surface area contributed by atoms with Crippen molar-refractivity contribution in [3.05, 3.63) is 28.8 Å². The number of aryl methyl sites for hydroxylation is 1. The summed E-state index contributed by atoms with van der Waals surface area (Å²) in [5, 5.41) is 11.9. The first-order valence-corrected chi connectivity index (χ1v) is 4.49. The number of nitrogens with zero attached hydrogens (tertiary/aromatic N) is 3. The monoisotopic (exact) mass is 177 g/mol. The topological polar surface area (TPSA) is 38.7 Å². The van der Waals surface area contributed by atoms with Gasteiger partial charge in [-0.2, -0.15) is 11.3 Å². The standard InChI is InChI=1S/C8H7N3S/c1-6-9-4-8(11-10-6)7-2-3-12-5-7/h2-5H,1H3. The van der Waals surface area contributed by atoms with Crippen LogP contribution >= 0.6 is 11.3 Å². The predicted molar refractivity (Wildman–Crippen MR) is 47.9 cm³/mol. The van der Waals surface area contributed by atoms with Gasteiger partial charge in [-0.3, -0.25) is 0 Å². The molecule has 0 aliphatic heterocycles. The van der Waals surface area contributed by atoms with E-state index in [2.05, 4.69) is 15.2 Å². The fourth-order valence-corrected chi connectivity index (χ4v) is 1.52. The summed E-state index contributed by atoms with van der Waals surface area (Å²) < 4.78 is 0. The summed E-state index contributed by atoms with van der Waals surface area (Å²) in [5.41, 5.74) is 1.92. The highest BCUT2D eigenvalue weighted by Gasteiger charge is 1.99. The summed E-state index contributed by atoms with van der Waals surface area (Å²) in [5.74, 6) is 0.703. The second-order valence-corrected chi connectivity index (χ2v) is 3.18. The minimum atomic E-state index is 0.703. The molecule has 0 unspecified atom stereocenters. The molecule has 0 saturated carbocycles. The largest absolute Gasteiger partial charge is 0.237 e. The van der Waals surface area contributed by atoms with Gasteiger partial charge in [0.15, 0.2) is 0 Å². The average molecular weight is 177 g/mol. The molecule has 0 saturated heterocycles. The summed E-state index contributed by atoms with van der Waals surface area (Å²) in [6.07, 6.45) is 1.74. The van der Waals surface area contributed by atoms with Gasteiger partial charge in [0, 0.05) is 10.9 Å². The van der Waals surface area contributed by atoms with Gasteiger partial charge in [0.05, 0.1) is 6.20 Å². The minimum absolute atomic E-state index is 0.703. The van der Waals surface area contributed by atoms with Gasteiger partial charge in [0.25, 0.3) is 0 Å². The van der Waals surface area contributed by atoms with Crippen LogP contribution in [0.3, 0.4) is 0 Å². The van der Waals surface area contributed by atoms with Gasteiger partial charge in [0.1, 0.15) is 11.5 Å². The van der Waals surface area contributed by atoms with Gasteiger partial charge in [0.2, 0.25) is 0 Å². The molecule has 2 aromatic heterocycles. The lowest BCUT2D eigenvalue weighted by atomic mass is 10.3. The zero-order chi connectivity index (χ0) is 8.39. The molecule has 0 N–H and O–H groups in total. The van der Waals surface area contributed by atoms with Crippen LogP contribution in [0.5, 0.6) is 0 Å². The third-order valence-electron chi connectivity index (χ3n) is 1.49. The lowest BCUT2D eigenvalue weighted by molar-refractivity contribution is 0.914. The molecule has 3 nitrogen and oxygen atoms in total. The molecule has 2 heterocycles. The van der Waals surface area contributed by atoms with Gasteiger partial charge in [-0.15, -0.1) is 10.2 Å². The van der Waals surface area contributed by atoms with Crippen molar-refractivity contribution in [3.8, 4) is 11.3 Å². The van der Waals surface area contributed by atoms with Crippen molar-refractivity contribution in [3.63, 3.8) is 0 Å². The number of rotatable bonds is 1. The highest BCUT2D eigenvalue weighted by atomic mass is 32.1. The Morgan fingerprint density at radius 3 is 2.83 bits per heavy atom. The Morgan fingerprint density at radius 2 is 2.25 bits per heavy atom. The maximum atomic E-state index is 4.07. The van der Waals surface area contributed by atoms with Crippen LogP contribution < -0.4 is 0 Å². The van der Waals surface area contributed by atoms with E-state index in [1.165, 1.54) is 0 Å². The zero-order valence-electron chi connectivity index (χ0n) is 6.56. The number of hydrogen-bond donors (Lipinski definition) is 0. The molecular weight excluding hydrogens is 170 g/mol. The summed E-state index contributed by atoms with van der Waals surface area (Å²) in [4.78, 5) is 4.07. The molecule has 4 heteroatoms. The molecule has 0 aliphatic rings. The summed E-state index contributed by atoms with van der Waals surface area (Å²) in [6, 6.07) is 2.01. The average Bonchev–Trinajstić information content (AvgIpc) is 2.58.